The zero-order valence-corrected chi connectivity index (χ0v) is 11.9. The molecule has 0 spiro atoms. The van der Waals surface area contributed by atoms with Gasteiger partial charge in [0, 0.05) is 19.0 Å². The molecule has 0 aliphatic rings. The summed E-state index contributed by atoms with van der Waals surface area (Å²) in [7, 11) is 1.82. The van der Waals surface area contributed by atoms with Crippen molar-refractivity contribution in [2.24, 2.45) is 0 Å². The molecule has 1 heterocycles. The van der Waals surface area contributed by atoms with Gasteiger partial charge in [-0.2, -0.15) is 11.3 Å². The van der Waals surface area contributed by atoms with Gasteiger partial charge in [-0.05, 0) is 36.1 Å². The molecule has 0 saturated heterocycles. The molecule has 100 valence electrons. The second-order valence-electron chi connectivity index (χ2n) is 4.25. The molecule has 0 atom stereocenters. The number of hydrogen-bond acceptors (Lipinski definition) is 3. The zero-order valence-electron chi connectivity index (χ0n) is 11.1. The number of nitrogens with zero attached hydrogens (tertiary/aromatic N) is 1. The molecule has 1 aromatic heterocycles. The number of amides is 1. The Morgan fingerprint density at radius 1 is 1.26 bits per heavy atom. The van der Waals surface area contributed by atoms with E-state index in [1.165, 1.54) is 11.3 Å². The number of rotatable bonds is 5. The van der Waals surface area contributed by atoms with Crippen LogP contribution in [0.3, 0.4) is 0 Å². The number of hydrogen-bond donors (Lipinski definition) is 0. The maximum Gasteiger partial charge on any atom is 0.254 e. The highest BCUT2D eigenvalue weighted by Gasteiger charge is 2.12. The third-order valence-electron chi connectivity index (χ3n) is 2.77. The van der Waals surface area contributed by atoms with Gasteiger partial charge >= 0.3 is 0 Å². The fourth-order valence-corrected chi connectivity index (χ4v) is 2.44. The van der Waals surface area contributed by atoms with Crippen LogP contribution in [0.4, 0.5) is 0 Å². The fraction of sp³-hybridized carbons (Fsp3) is 0.267. The summed E-state index contributed by atoms with van der Waals surface area (Å²) in [5.41, 5.74) is 1.84. The molecule has 19 heavy (non-hydrogen) atoms. The normalized spacial score (nSPS) is 10.2. The molecule has 4 heteroatoms. The Bertz CT molecular complexity index is 520. The molecule has 0 saturated carbocycles. The second-order valence-corrected chi connectivity index (χ2v) is 5.03. The molecular formula is C15H17NO2S. The van der Waals surface area contributed by atoms with E-state index in [9.17, 15) is 4.79 Å². The Morgan fingerprint density at radius 3 is 2.58 bits per heavy atom. The van der Waals surface area contributed by atoms with Gasteiger partial charge in [-0.1, -0.05) is 12.1 Å². The summed E-state index contributed by atoms with van der Waals surface area (Å²) in [5.74, 6) is 0.910. The monoisotopic (exact) mass is 275 g/mol. The number of thiophene rings is 1. The first-order valence-electron chi connectivity index (χ1n) is 6.20. The van der Waals surface area contributed by atoms with Crippen molar-refractivity contribution < 1.29 is 9.53 Å². The van der Waals surface area contributed by atoms with Crippen molar-refractivity contribution in [1.82, 2.24) is 4.90 Å². The minimum atomic E-state index is 0.0511. The summed E-state index contributed by atoms with van der Waals surface area (Å²) in [4.78, 5) is 13.8. The van der Waals surface area contributed by atoms with Crippen LogP contribution < -0.4 is 4.74 Å². The quantitative estimate of drug-likeness (QED) is 0.836. The Hall–Kier alpha value is -1.81. The lowest BCUT2D eigenvalue weighted by Crippen LogP contribution is -2.25. The lowest BCUT2D eigenvalue weighted by molar-refractivity contribution is 0.0785. The average Bonchev–Trinajstić information content (AvgIpc) is 2.94. The third-order valence-corrected chi connectivity index (χ3v) is 3.45. The Kier molecular flexibility index (Phi) is 4.58. The van der Waals surface area contributed by atoms with Crippen LogP contribution in [0.5, 0.6) is 5.75 Å². The van der Waals surface area contributed by atoms with E-state index in [1.807, 2.05) is 55.1 Å². The predicted molar refractivity (Wildman–Crippen MR) is 77.7 cm³/mol. The Balaban J connectivity index is 1.98. The zero-order chi connectivity index (χ0) is 13.7. The second kappa shape index (κ2) is 6.38. The average molecular weight is 275 g/mol. The summed E-state index contributed by atoms with van der Waals surface area (Å²) in [6.07, 6.45) is 0. The highest BCUT2D eigenvalue weighted by Crippen LogP contribution is 2.15. The number of carbonyl (C=O) groups is 1. The van der Waals surface area contributed by atoms with Crippen LogP contribution in [0.25, 0.3) is 0 Å². The van der Waals surface area contributed by atoms with E-state index in [1.54, 1.807) is 4.90 Å². The maximum absolute atomic E-state index is 12.1. The van der Waals surface area contributed by atoms with Crippen LogP contribution in [-0.4, -0.2) is 24.5 Å². The van der Waals surface area contributed by atoms with Crippen molar-refractivity contribution in [2.75, 3.05) is 13.7 Å². The van der Waals surface area contributed by atoms with E-state index >= 15 is 0 Å². The van der Waals surface area contributed by atoms with Gasteiger partial charge in [-0.3, -0.25) is 4.79 Å². The van der Waals surface area contributed by atoms with Crippen molar-refractivity contribution in [3.63, 3.8) is 0 Å². The molecule has 0 aliphatic carbocycles. The number of ether oxygens (including phenoxy) is 1. The van der Waals surface area contributed by atoms with E-state index in [0.29, 0.717) is 13.2 Å². The molecule has 0 aliphatic heterocycles. The molecule has 0 N–H and O–H groups in total. The summed E-state index contributed by atoms with van der Waals surface area (Å²) in [6, 6.07) is 9.69. The third kappa shape index (κ3) is 3.58. The van der Waals surface area contributed by atoms with Crippen molar-refractivity contribution in [3.8, 4) is 5.75 Å². The van der Waals surface area contributed by atoms with Gasteiger partial charge in [-0.15, -0.1) is 0 Å². The van der Waals surface area contributed by atoms with Gasteiger partial charge in [0.25, 0.3) is 5.91 Å². The van der Waals surface area contributed by atoms with Crippen LogP contribution >= 0.6 is 11.3 Å². The van der Waals surface area contributed by atoms with E-state index in [4.69, 9.17) is 4.74 Å². The van der Waals surface area contributed by atoms with Gasteiger partial charge in [0.05, 0.1) is 12.2 Å². The number of carbonyl (C=O) groups excluding carboxylic acids is 1. The molecule has 1 amide bonds. The first-order valence-corrected chi connectivity index (χ1v) is 7.14. The highest BCUT2D eigenvalue weighted by molar-refractivity contribution is 7.08. The topological polar surface area (TPSA) is 29.5 Å². The van der Waals surface area contributed by atoms with Gasteiger partial charge in [0.15, 0.2) is 0 Å². The van der Waals surface area contributed by atoms with Crippen LogP contribution in [0.2, 0.25) is 0 Å². The lowest BCUT2D eigenvalue weighted by Gasteiger charge is -2.16. The van der Waals surface area contributed by atoms with E-state index in [2.05, 4.69) is 0 Å². The van der Waals surface area contributed by atoms with Crippen molar-refractivity contribution in [1.29, 1.82) is 0 Å². The smallest absolute Gasteiger partial charge is 0.254 e. The van der Waals surface area contributed by atoms with Crippen LogP contribution in [0.15, 0.2) is 41.1 Å². The molecule has 1 aromatic carbocycles. The van der Waals surface area contributed by atoms with E-state index in [-0.39, 0.29) is 5.91 Å². The minimum Gasteiger partial charge on any atom is -0.494 e. The van der Waals surface area contributed by atoms with Crippen LogP contribution in [0, 0.1) is 0 Å². The molecule has 2 rings (SSSR count). The summed E-state index contributed by atoms with van der Waals surface area (Å²) >= 11 is 1.54. The molecule has 3 nitrogen and oxygen atoms in total. The Morgan fingerprint density at radius 2 is 2.00 bits per heavy atom. The van der Waals surface area contributed by atoms with Gasteiger partial charge < -0.3 is 9.64 Å². The minimum absolute atomic E-state index is 0.0511. The molecule has 0 radical (unpaired) electrons. The standard InChI is InChI=1S/C15H17NO2S/c1-3-18-14-6-4-12(5-7-14)10-16(2)15(17)13-8-9-19-11-13/h4-9,11H,3,10H2,1-2H3. The molecular weight excluding hydrogens is 258 g/mol. The molecule has 0 bridgehead atoms. The first-order chi connectivity index (χ1) is 9.20. The largest absolute Gasteiger partial charge is 0.494 e. The summed E-state index contributed by atoms with van der Waals surface area (Å²) in [5, 5.41) is 3.79. The van der Waals surface area contributed by atoms with Crippen molar-refractivity contribution in [2.45, 2.75) is 13.5 Å². The SMILES string of the molecule is CCOc1ccc(CN(C)C(=O)c2ccsc2)cc1. The fourth-order valence-electron chi connectivity index (χ4n) is 1.81. The molecule has 2 aromatic rings. The van der Waals surface area contributed by atoms with Gasteiger partial charge in [-0.25, -0.2) is 0 Å². The summed E-state index contributed by atoms with van der Waals surface area (Å²) < 4.78 is 5.39. The van der Waals surface area contributed by atoms with Crippen molar-refractivity contribution >= 4 is 17.2 Å². The predicted octanol–water partition coefficient (Wildman–Crippen LogP) is 3.42. The highest BCUT2D eigenvalue weighted by atomic mass is 32.1. The van der Waals surface area contributed by atoms with Gasteiger partial charge in [0.2, 0.25) is 0 Å². The molecule has 0 fully saturated rings. The lowest BCUT2D eigenvalue weighted by atomic mass is 10.2. The first kappa shape index (κ1) is 13.6. The van der Waals surface area contributed by atoms with E-state index < -0.39 is 0 Å². The summed E-state index contributed by atoms with van der Waals surface area (Å²) in [6.45, 7) is 3.22. The number of benzene rings is 1. The van der Waals surface area contributed by atoms with Crippen LogP contribution in [0.1, 0.15) is 22.8 Å². The van der Waals surface area contributed by atoms with Crippen molar-refractivity contribution in [3.05, 3.63) is 52.2 Å². The Labute approximate surface area is 117 Å². The maximum atomic E-state index is 12.1. The van der Waals surface area contributed by atoms with E-state index in [0.717, 1.165) is 16.9 Å². The van der Waals surface area contributed by atoms with Crippen LogP contribution in [-0.2, 0) is 6.54 Å². The van der Waals surface area contributed by atoms with Gasteiger partial charge in [0.1, 0.15) is 5.75 Å². The molecule has 0 unspecified atom stereocenters.